The molecule has 1 amide bonds. The van der Waals surface area contributed by atoms with Crippen molar-refractivity contribution in [2.45, 2.75) is 39.7 Å². The molecule has 2 atom stereocenters. The van der Waals surface area contributed by atoms with Gasteiger partial charge in [-0.1, -0.05) is 20.8 Å². The molecule has 1 rings (SSSR count). The van der Waals surface area contributed by atoms with Gasteiger partial charge < -0.3 is 10.6 Å². The molecule has 0 bridgehead atoms. The van der Waals surface area contributed by atoms with Crippen molar-refractivity contribution in [3.05, 3.63) is 0 Å². The predicted molar refractivity (Wildman–Crippen MR) is 58.0 cm³/mol. The molecule has 0 aromatic heterocycles. The third-order valence-corrected chi connectivity index (χ3v) is 2.53. The fraction of sp³-hybridized carbons (Fsp3) is 0.909. The number of hydrogen-bond donors (Lipinski definition) is 2. The maximum Gasteiger partial charge on any atom is 0.220 e. The minimum Gasteiger partial charge on any atom is -0.352 e. The highest BCUT2D eigenvalue weighted by molar-refractivity contribution is 5.76. The van der Waals surface area contributed by atoms with E-state index in [0.29, 0.717) is 24.3 Å². The Kier molecular flexibility index (Phi) is 4.39. The van der Waals surface area contributed by atoms with Crippen LogP contribution in [0.3, 0.4) is 0 Å². The zero-order chi connectivity index (χ0) is 10.6. The van der Waals surface area contributed by atoms with Gasteiger partial charge in [0.25, 0.3) is 0 Å². The van der Waals surface area contributed by atoms with Gasteiger partial charge in [0.1, 0.15) is 0 Å². The van der Waals surface area contributed by atoms with Crippen molar-refractivity contribution in [1.29, 1.82) is 0 Å². The highest BCUT2D eigenvalue weighted by atomic mass is 16.1. The van der Waals surface area contributed by atoms with E-state index in [0.717, 1.165) is 19.5 Å². The molecule has 2 unspecified atom stereocenters. The quantitative estimate of drug-likeness (QED) is 0.714. The van der Waals surface area contributed by atoms with E-state index in [9.17, 15) is 4.79 Å². The van der Waals surface area contributed by atoms with Gasteiger partial charge in [0, 0.05) is 19.0 Å². The summed E-state index contributed by atoms with van der Waals surface area (Å²) in [6, 6.07) is 0.338. The lowest BCUT2D eigenvalue weighted by Gasteiger charge is -2.28. The summed E-state index contributed by atoms with van der Waals surface area (Å²) in [5.74, 6) is 1.32. The van der Waals surface area contributed by atoms with Gasteiger partial charge in [0.05, 0.1) is 0 Å². The minimum atomic E-state index is 0.195. The maximum absolute atomic E-state index is 11.5. The second-order valence-corrected chi connectivity index (χ2v) is 4.86. The summed E-state index contributed by atoms with van der Waals surface area (Å²) >= 11 is 0. The maximum atomic E-state index is 11.5. The van der Waals surface area contributed by atoms with Gasteiger partial charge in [-0.15, -0.1) is 0 Å². The summed E-state index contributed by atoms with van der Waals surface area (Å²) in [5, 5.41) is 6.41. The summed E-state index contributed by atoms with van der Waals surface area (Å²) < 4.78 is 0. The Morgan fingerprint density at radius 3 is 2.79 bits per heavy atom. The van der Waals surface area contributed by atoms with Crippen molar-refractivity contribution in [3.8, 4) is 0 Å². The largest absolute Gasteiger partial charge is 0.352 e. The normalized spacial score (nSPS) is 27.7. The zero-order valence-electron chi connectivity index (χ0n) is 9.47. The highest BCUT2D eigenvalue weighted by Gasteiger charge is 2.19. The number of carbonyl (C=O) groups excluding carboxylic acids is 1. The van der Waals surface area contributed by atoms with Gasteiger partial charge in [-0.3, -0.25) is 4.79 Å². The van der Waals surface area contributed by atoms with Crippen LogP contribution >= 0.6 is 0 Å². The van der Waals surface area contributed by atoms with Gasteiger partial charge >= 0.3 is 0 Å². The van der Waals surface area contributed by atoms with Crippen LogP contribution < -0.4 is 10.6 Å². The molecular weight excluding hydrogens is 176 g/mol. The van der Waals surface area contributed by atoms with Gasteiger partial charge in [-0.25, -0.2) is 0 Å². The van der Waals surface area contributed by atoms with Crippen LogP contribution in [0.5, 0.6) is 0 Å². The van der Waals surface area contributed by atoms with Crippen LogP contribution in [0, 0.1) is 11.8 Å². The SMILES string of the molecule is CC(C)CC(=O)NC1CNCC(C)C1. The Labute approximate surface area is 86.6 Å². The third kappa shape index (κ3) is 4.09. The Bertz CT molecular complexity index is 192. The van der Waals surface area contributed by atoms with Crippen molar-refractivity contribution in [2.24, 2.45) is 11.8 Å². The molecule has 1 fully saturated rings. The first kappa shape index (κ1) is 11.5. The number of hydrogen-bond acceptors (Lipinski definition) is 2. The van der Waals surface area contributed by atoms with Gasteiger partial charge in [0.2, 0.25) is 5.91 Å². The van der Waals surface area contributed by atoms with Crippen molar-refractivity contribution >= 4 is 5.91 Å². The molecule has 0 aromatic rings. The van der Waals surface area contributed by atoms with Gasteiger partial charge in [0.15, 0.2) is 0 Å². The van der Waals surface area contributed by atoms with Crippen molar-refractivity contribution in [3.63, 3.8) is 0 Å². The smallest absolute Gasteiger partial charge is 0.220 e. The topological polar surface area (TPSA) is 41.1 Å². The molecule has 3 nitrogen and oxygen atoms in total. The van der Waals surface area contributed by atoms with E-state index in [1.807, 2.05) is 0 Å². The lowest BCUT2D eigenvalue weighted by Crippen LogP contribution is -2.48. The number of nitrogens with one attached hydrogen (secondary N) is 2. The van der Waals surface area contributed by atoms with E-state index in [4.69, 9.17) is 0 Å². The fourth-order valence-electron chi connectivity index (χ4n) is 1.92. The molecule has 1 saturated heterocycles. The van der Waals surface area contributed by atoms with Crippen LogP contribution in [0.4, 0.5) is 0 Å². The summed E-state index contributed by atoms with van der Waals surface area (Å²) in [6.45, 7) is 8.36. The van der Waals surface area contributed by atoms with Crippen LogP contribution in [0.25, 0.3) is 0 Å². The molecule has 1 aliphatic heterocycles. The molecule has 0 saturated carbocycles. The van der Waals surface area contributed by atoms with Gasteiger partial charge in [-0.05, 0) is 24.8 Å². The summed E-state index contributed by atoms with van der Waals surface area (Å²) in [7, 11) is 0. The van der Waals surface area contributed by atoms with Crippen molar-refractivity contribution < 1.29 is 4.79 Å². The lowest BCUT2D eigenvalue weighted by molar-refractivity contribution is -0.122. The first-order valence-electron chi connectivity index (χ1n) is 5.58. The first-order valence-corrected chi connectivity index (χ1v) is 5.58. The van der Waals surface area contributed by atoms with Crippen LogP contribution in [0.15, 0.2) is 0 Å². The summed E-state index contributed by atoms with van der Waals surface area (Å²) in [5.41, 5.74) is 0. The fourth-order valence-corrected chi connectivity index (χ4v) is 1.92. The second kappa shape index (κ2) is 5.35. The average molecular weight is 198 g/mol. The van der Waals surface area contributed by atoms with Crippen LogP contribution in [-0.4, -0.2) is 25.0 Å². The summed E-state index contributed by atoms with van der Waals surface area (Å²) in [6.07, 6.45) is 1.75. The Balaban J connectivity index is 2.25. The van der Waals surface area contributed by atoms with Crippen molar-refractivity contribution in [1.82, 2.24) is 10.6 Å². The van der Waals surface area contributed by atoms with E-state index in [1.54, 1.807) is 0 Å². The molecule has 0 aliphatic carbocycles. The van der Waals surface area contributed by atoms with E-state index < -0.39 is 0 Å². The third-order valence-electron chi connectivity index (χ3n) is 2.53. The van der Waals surface area contributed by atoms with E-state index in [2.05, 4.69) is 31.4 Å². The molecule has 0 radical (unpaired) electrons. The molecule has 0 aromatic carbocycles. The van der Waals surface area contributed by atoms with E-state index in [-0.39, 0.29) is 5.91 Å². The van der Waals surface area contributed by atoms with Gasteiger partial charge in [-0.2, -0.15) is 0 Å². The molecule has 3 heteroatoms. The molecule has 1 aliphatic rings. The molecule has 82 valence electrons. The predicted octanol–water partition coefficient (Wildman–Crippen LogP) is 1.15. The minimum absolute atomic E-state index is 0.195. The standard InChI is InChI=1S/C11H22N2O/c1-8(2)4-11(14)13-10-5-9(3)6-12-7-10/h8-10,12H,4-7H2,1-3H3,(H,13,14). The Morgan fingerprint density at radius 2 is 2.21 bits per heavy atom. The second-order valence-electron chi connectivity index (χ2n) is 4.86. The van der Waals surface area contributed by atoms with E-state index >= 15 is 0 Å². The monoisotopic (exact) mass is 198 g/mol. The Hall–Kier alpha value is -0.570. The van der Waals surface area contributed by atoms with E-state index in [1.165, 1.54) is 0 Å². The van der Waals surface area contributed by atoms with Crippen LogP contribution in [0.1, 0.15) is 33.6 Å². The average Bonchev–Trinajstić information content (AvgIpc) is 2.01. The van der Waals surface area contributed by atoms with Crippen LogP contribution in [-0.2, 0) is 4.79 Å². The molecule has 14 heavy (non-hydrogen) atoms. The number of amides is 1. The molecule has 0 spiro atoms. The molecular formula is C11H22N2O. The Morgan fingerprint density at radius 1 is 1.50 bits per heavy atom. The molecule has 1 heterocycles. The lowest BCUT2D eigenvalue weighted by atomic mass is 9.97. The first-order chi connectivity index (χ1) is 6.58. The van der Waals surface area contributed by atoms with Crippen LogP contribution in [0.2, 0.25) is 0 Å². The number of piperidine rings is 1. The van der Waals surface area contributed by atoms with Crippen molar-refractivity contribution in [2.75, 3.05) is 13.1 Å². The molecule has 2 N–H and O–H groups in total. The number of carbonyl (C=O) groups is 1. The zero-order valence-corrected chi connectivity index (χ0v) is 9.47. The summed E-state index contributed by atoms with van der Waals surface area (Å²) in [4.78, 5) is 11.5. The number of rotatable bonds is 3. The highest BCUT2D eigenvalue weighted by Crippen LogP contribution is 2.10.